The van der Waals surface area contributed by atoms with E-state index in [0.717, 1.165) is 104 Å². The van der Waals surface area contributed by atoms with Crippen LogP contribution in [0.1, 0.15) is 117 Å². The van der Waals surface area contributed by atoms with Crippen LogP contribution in [0.4, 0.5) is 56.9 Å². The van der Waals surface area contributed by atoms with Gasteiger partial charge < -0.3 is 28.4 Å². The molecule has 11 aromatic carbocycles. The Bertz CT molecular complexity index is 5290. The van der Waals surface area contributed by atoms with Gasteiger partial charge in [-0.3, -0.25) is 0 Å². The Kier molecular flexibility index (Phi) is 11.5. The van der Waals surface area contributed by atoms with Crippen LogP contribution in [-0.2, 0) is 16.2 Å². The largest absolute Gasteiger partial charge is 0.456 e. The van der Waals surface area contributed by atoms with Gasteiger partial charge >= 0.3 is 0 Å². The van der Waals surface area contributed by atoms with E-state index in [1.54, 1.807) is 0 Å². The molecule has 2 fully saturated rings. The zero-order chi connectivity index (χ0) is 62.5. The van der Waals surface area contributed by atoms with Gasteiger partial charge in [-0.1, -0.05) is 212 Å². The summed E-state index contributed by atoms with van der Waals surface area (Å²) in [5, 5.41) is 4.42. The predicted molar refractivity (Wildman–Crippen MR) is 390 cm³/mol. The van der Waals surface area contributed by atoms with Gasteiger partial charge in [0.25, 0.3) is 6.71 Å². The topological polar surface area (TPSA) is 39.2 Å². The van der Waals surface area contributed by atoms with Gasteiger partial charge in [0.15, 0.2) is 5.58 Å². The molecule has 2 aliphatic carbocycles. The molecule has 2 aromatic heterocycles. The lowest BCUT2D eigenvalue weighted by atomic mass is 9.33. The second-order valence-electron chi connectivity index (χ2n) is 29.8. The molecule has 4 aliphatic heterocycles. The lowest BCUT2D eigenvalue weighted by Gasteiger charge is -2.51. The lowest BCUT2D eigenvalue weighted by molar-refractivity contribution is 0.195. The summed E-state index contributed by atoms with van der Waals surface area (Å²) in [7, 11) is 0. The van der Waals surface area contributed by atoms with Gasteiger partial charge in [-0.15, -0.1) is 0 Å². The minimum atomic E-state index is -0.274. The number of hydrogen-bond donors (Lipinski definition) is 0. The Morgan fingerprint density at radius 1 is 0.366 bits per heavy atom. The van der Waals surface area contributed by atoms with Crippen molar-refractivity contribution < 1.29 is 8.83 Å². The first kappa shape index (κ1) is 55.0. The molecule has 2 saturated carbocycles. The molecule has 6 heterocycles. The summed E-state index contributed by atoms with van der Waals surface area (Å²) in [5.41, 5.74) is 27.6. The third-order valence-corrected chi connectivity index (χ3v) is 24.1. The van der Waals surface area contributed by atoms with Crippen LogP contribution in [0.2, 0.25) is 0 Å². The van der Waals surface area contributed by atoms with Crippen LogP contribution >= 0.6 is 0 Å². The maximum absolute atomic E-state index is 7.30. The Morgan fingerprint density at radius 2 is 0.871 bits per heavy atom. The van der Waals surface area contributed by atoms with Crippen LogP contribution in [0.5, 0.6) is 0 Å². The fraction of sp³-hybridized carbons (Fsp3) is 0.233. The molecule has 6 aliphatic rings. The second-order valence-corrected chi connectivity index (χ2v) is 29.8. The molecule has 7 heteroatoms. The molecule has 0 bridgehead atoms. The molecule has 6 nitrogen and oxygen atoms in total. The van der Waals surface area contributed by atoms with E-state index in [2.05, 4.69) is 299 Å². The van der Waals surface area contributed by atoms with E-state index in [9.17, 15) is 0 Å². The Balaban J connectivity index is 0.946. The number of rotatable bonds is 6. The first-order valence-electron chi connectivity index (χ1n) is 34.1. The Hall–Kier alpha value is -9.72. The predicted octanol–water partition coefficient (Wildman–Crippen LogP) is 21.7. The van der Waals surface area contributed by atoms with Gasteiger partial charge in [0.2, 0.25) is 0 Å². The summed E-state index contributed by atoms with van der Waals surface area (Å²) in [6.45, 7) is 17.3. The maximum atomic E-state index is 7.30. The van der Waals surface area contributed by atoms with Crippen molar-refractivity contribution in [3.8, 4) is 22.3 Å². The van der Waals surface area contributed by atoms with Crippen molar-refractivity contribution in [3.05, 3.63) is 247 Å². The van der Waals surface area contributed by atoms with E-state index in [4.69, 9.17) is 8.83 Å². The highest BCUT2D eigenvalue weighted by atomic mass is 16.3. The van der Waals surface area contributed by atoms with Gasteiger partial charge in [0.1, 0.15) is 16.7 Å². The number of para-hydroxylation sites is 3. The van der Waals surface area contributed by atoms with Crippen molar-refractivity contribution in [2.24, 2.45) is 0 Å². The van der Waals surface area contributed by atoms with Crippen LogP contribution < -0.4 is 36.0 Å². The van der Waals surface area contributed by atoms with Crippen molar-refractivity contribution in [2.75, 3.05) is 19.6 Å². The average molecular weight is 1210 g/mol. The minimum Gasteiger partial charge on any atom is -0.456 e. The van der Waals surface area contributed by atoms with Crippen molar-refractivity contribution in [3.63, 3.8) is 0 Å². The molecule has 13 aromatic rings. The molecule has 93 heavy (non-hydrogen) atoms. The number of fused-ring (bicyclic) bond motifs is 16. The standard InChI is InChI=1S/C86H75BN4O2/c1-82(2,3)58-38-43-69-65(50-58)84(5)45-19-20-46-85(84,6)90(69)59-39-41-67-73(51-59)89(71-32-22-30-62-61-28-14-16-33-76(61)93-81(62)71)75-53-60(91-68-42-37-56(54-24-10-8-11-25-54)48-64(68)83(4)44-18-21-47-86(83,91)7)52-74-80(75)87(67)66-40-36-57(55-26-12-9-13-27-55)49-72(66)88(74)70-31-23-35-78-79(70)63-29-15-17-34-77(63)92-78/h8-17,22-43,48-53H,18-21,44-47H2,1-7H3. The van der Waals surface area contributed by atoms with Crippen molar-refractivity contribution >= 4 is 124 Å². The smallest absolute Gasteiger partial charge is 0.252 e. The fourth-order valence-electron chi connectivity index (χ4n) is 19.0. The summed E-state index contributed by atoms with van der Waals surface area (Å²) in [4.78, 5) is 10.9. The summed E-state index contributed by atoms with van der Waals surface area (Å²) in [5.74, 6) is 0. The van der Waals surface area contributed by atoms with E-state index in [-0.39, 0.29) is 34.0 Å². The summed E-state index contributed by atoms with van der Waals surface area (Å²) in [6.07, 6.45) is 9.19. The van der Waals surface area contributed by atoms with Gasteiger partial charge in [-0.05, 0) is 179 Å². The fourth-order valence-corrected chi connectivity index (χ4v) is 19.0. The molecule has 4 unspecified atom stereocenters. The van der Waals surface area contributed by atoms with Gasteiger partial charge in [-0.25, -0.2) is 0 Å². The Morgan fingerprint density at radius 3 is 1.56 bits per heavy atom. The number of nitrogens with zero attached hydrogens (tertiary/aromatic N) is 4. The van der Waals surface area contributed by atoms with Crippen LogP contribution in [0.25, 0.3) is 66.1 Å². The summed E-state index contributed by atoms with van der Waals surface area (Å²) >= 11 is 0. The Labute approximate surface area is 545 Å². The number of hydrogen-bond acceptors (Lipinski definition) is 6. The number of furan rings is 2. The van der Waals surface area contributed by atoms with E-state index in [1.807, 2.05) is 0 Å². The SMILES string of the molecule is CC(C)(C)c1ccc2c(c1)C1(C)CCCCC1(C)N2c1ccc2c(c1)N(c1cccc3c1oc1ccccc13)c1cc(N3c4ccc(-c5ccccc5)cc4C4(C)CCCCC34C)cc3c1B2c1ccc(-c2ccccc2)cc1N3c1cccc2oc3ccccc3c12. The van der Waals surface area contributed by atoms with Crippen molar-refractivity contribution in [2.45, 2.75) is 127 Å². The molecule has 0 radical (unpaired) electrons. The monoisotopic (exact) mass is 1210 g/mol. The highest BCUT2D eigenvalue weighted by Crippen LogP contribution is 2.65. The van der Waals surface area contributed by atoms with Crippen molar-refractivity contribution in [1.82, 2.24) is 0 Å². The quantitative estimate of drug-likeness (QED) is 0.155. The molecule has 4 atom stereocenters. The molecule has 0 spiro atoms. The molecular weight excluding hydrogens is 1130 g/mol. The highest BCUT2D eigenvalue weighted by Gasteiger charge is 2.60. The number of anilines is 10. The lowest BCUT2D eigenvalue weighted by Crippen LogP contribution is -2.61. The van der Waals surface area contributed by atoms with Crippen LogP contribution in [-0.4, -0.2) is 17.8 Å². The first-order chi connectivity index (χ1) is 45.2. The third kappa shape index (κ3) is 7.48. The molecular formula is C86H75BN4O2. The third-order valence-electron chi connectivity index (χ3n) is 24.1. The van der Waals surface area contributed by atoms with Gasteiger partial charge in [-0.2, -0.15) is 0 Å². The van der Waals surface area contributed by atoms with Crippen LogP contribution in [0.3, 0.4) is 0 Å². The van der Waals surface area contributed by atoms with E-state index in [1.165, 1.54) is 103 Å². The normalized spacial score (nSPS) is 21.9. The number of benzene rings is 11. The van der Waals surface area contributed by atoms with Crippen LogP contribution in [0.15, 0.2) is 239 Å². The van der Waals surface area contributed by atoms with Gasteiger partial charge in [0, 0.05) is 72.5 Å². The van der Waals surface area contributed by atoms with Crippen LogP contribution in [0, 0.1) is 0 Å². The zero-order valence-corrected chi connectivity index (χ0v) is 54.3. The molecule has 454 valence electrons. The zero-order valence-electron chi connectivity index (χ0n) is 54.3. The van der Waals surface area contributed by atoms with Crippen molar-refractivity contribution in [1.29, 1.82) is 0 Å². The summed E-state index contributed by atoms with van der Waals surface area (Å²) in [6, 6.07) is 87.7. The highest BCUT2D eigenvalue weighted by molar-refractivity contribution is 7.00. The molecule has 19 rings (SSSR count). The summed E-state index contributed by atoms with van der Waals surface area (Å²) < 4.78 is 14.2. The molecule has 0 saturated heterocycles. The second kappa shape index (κ2) is 19.4. The first-order valence-corrected chi connectivity index (χ1v) is 34.1. The van der Waals surface area contributed by atoms with Gasteiger partial charge in [0.05, 0.1) is 27.8 Å². The molecule has 0 amide bonds. The van der Waals surface area contributed by atoms with E-state index >= 15 is 0 Å². The minimum absolute atomic E-state index is 0.0147. The maximum Gasteiger partial charge on any atom is 0.252 e. The molecule has 0 N–H and O–H groups in total. The van der Waals surface area contributed by atoms with E-state index in [0.29, 0.717) is 0 Å². The van der Waals surface area contributed by atoms with E-state index < -0.39 is 0 Å². The average Bonchev–Trinajstić information content (AvgIpc) is 1.51.